The molecular weight excluding hydrogens is 320 g/mol. The molecule has 24 heavy (non-hydrogen) atoms. The third-order valence-corrected chi connectivity index (χ3v) is 3.51. The van der Waals surface area contributed by atoms with Gasteiger partial charge in [0.2, 0.25) is 6.29 Å². The molecule has 0 spiro atoms. The zero-order chi connectivity index (χ0) is 17.6. The van der Waals surface area contributed by atoms with Gasteiger partial charge in [0.05, 0.1) is 19.8 Å². The number of carbonyl (C=O) groups is 2. The van der Waals surface area contributed by atoms with Crippen LogP contribution in [-0.4, -0.2) is 66.1 Å². The number of carbonyl (C=O) groups excluding carboxylic acids is 1. The van der Waals surface area contributed by atoms with Crippen LogP contribution >= 0.6 is 0 Å². The van der Waals surface area contributed by atoms with Gasteiger partial charge in [-0.3, -0.25) is 0 Å². The van der Waals surface area contributed by atoms with Crippen molar-refractivity contribution in [3.63, 3.8) is 0 Å². The van der Waals surface area contributed by atoms with Crippen LogP contribution in [0.2, 0.25) is 0 Å². The largest absolute Gasteiger partial charge is 0.478 e. The van der Waals surface area contributed by atoms with Gasteiger partial charge in [-0.05, 0) is 12.2 Å². The number of esters is 1. The molecule has 0 saturated carbocycles. The fourth-order valence-electron chi connectivity index (χ4n) is 2.05. The fourth-order valence-corrected chi connectivity index (χ4v) is 2.05. The number of hydrogen-bond donors (Lipinski definition) is 2. The predicted octanol–water partition coefficient (Wildman–Crippen LogP) is 0.398. The van der Waals surface area contributed by atoms with E-state index in [1.165, 1.54) is 12.2 Å². The summed E-state index contributed by atoms with van der Waals surface area (Å²) in [6.45, 7) is 3.07. The van der Waals surface area contributed by atoms with Crippen molar-refractivity contribution in [3.05, 3.63) is 24.3 Å². The summed E-state index contributed by atoms with van der Waals surface area (Å²) in [5.74, 6) is -1.88. The van der Waals surface area contributed by atoms with Crippen molar-refractivity contribution in [1.82, 2.24) is 0 Å². The SMILES string of the molecule is CCCC(O)OC(=O)C=CC(C=CC(=O)O)(OCC1CO1)C1CO1. The van der Waals surface area contributed by atoms with Crippen molar-refractivity contribution >= 4 is 11.9 Å². The lowest BCUT2D eigenvalue weighted by atomic mass is 9.98. The molecule has 4 unspecified atom stereocenters. The van der Waals surface area contributed by atoms with E-state index in [-0.39, 0.29) is 12.7 Å². The maximum absolute atomic E-state index is 11.8. The van der Waals surface area contributed by atoms with E-state index in [1.807, 2.05) is 6.92 Å². The van der Waals surface area contributed by atoms with E-state index in [0.717, 1.165) is 12.2 Å². The smallest absolute Gasteiger partial charge is 0.332 e. The van der Waals surface area contributed by atoms with E-state index in [2.05, 4.69) is 0 Å². The Morgan fingerprint density at radius 3 is 2.50 bits per heavy atom. The number of rotatable bonds is 11. The third kappa shape index (κ3) is 6.04. The molecule has 2 saturated heterocycles. The first-order valence-electron chi connectivity index (χ1n) is 7.82. The number of aliphatic hydroxyl groups excluding tert-OH is 1. The molecule has 2 aliphatic rings. The molecule has 0 aromatic carbocycles. The van der Waals surface area contributed by atoms with Gasteiger partial charge in [-0.2, -0.15) is 0 Å². The Kier molecular flexibility index (Phi) is 6.50. The van der Waals surface area contributed by atoms with Gasteiger partial charge < -0.3 is 29.2 Å². The average Bonchev–Trinajstić information content (AvgIpc) is 3.38. The van der Waals surface area contributed by atoms with Gasteiger partial charge in [0.25, 0.3) is 0 Å². The van der Waals surface area contributed by atoms with Gasteiger partial charge in [0, 0.05) is 18.6 Å². The van der Waals surface area contributed by atoms with Gasteiger partial charge >= 0.3 is 11.9 Å². The summed E-state index contributed by atoms with van der Waals surface area (Å²) in [6.07, 6.45) is 4.19. The van der Waals surface area contributed by atoms with Crippen LogP contribution in [0.4, 0.5) is 0 Å². The summed E-state index contributed by atoms with van der Waals surface area (Å²) < 4.78 is 20.9. The molecule has 0 radical (unpaired) electrons. The summed E-state index contributed by atoms with van der Waals surface area (Å²) in [7, 11) is 0. The van der Waals surface area contributed by atoms with Gasteiger partial charge in [-0.25, -0.2) is 9.59 Å². The lowest BCUT2D eigenvalue weighted by molar-refractivity contribution is -0.162. The first-order valence-corrected chi connectivity index (χ1v) is 7.82. The molecule has 0 aromatic heterocycles. The van der Waals surface area contributed by atoms with Crippen molar-refractivity contribution in [3.8, 4) is 0 Å². The van der Waals surface area contributed by atoms with Gasteiger partial charge in [0.15, 0.2) is 0 Å². The molecule has 2 heterocycles. The molecule has 2 aliphatic heterocycles. The highest BCUT2D eigenvalue weighted by atomic mass is 16.6. The first kappa shape index (κ1) is 18.6. The zero-order valence-electron chi connectivity index (χ0n) is 13.4. The predicted molar refractivity (Wildman–Crippen MR) is 81.1 cm³/mol. The minimum absolute atomic E-state index is 0.0342. The number of carboxylic acids is 1. The van der Waals surface area contributed by atoms with Crippen LogP contribution in [0.25, 0.3) is 0 Å². The summed E-state index contributed by atoms with van der Waals surface area (Å²) in [6, 6.07) is 0. The molecule has 8 nitrogen and oxygen atoms in total. The number of carboxylic acid groups (broad SMARTS) is 1. The quantitative estimate of drug-likeness (QED) is 0.240. The second kappa shape index (κ2) is 8.39. The van der Waals surface area contributed by atoms with Crippen LogP contribution in [0, 0.1) is 0 Å². The average molecular weight is 342 g/mol. The highest BCUT2D eigenvalue weighted by Gasteiger charge is 2.46. The Morgan fingerprint density at radius 2 is 1.96 bits per heavy atom. The van der Waals surface area contributed by atoms with E-state index in [4.69, 9.17) is 24.1 Å². The van der Waals surface area contributed by atoms with Gasteiger partial charge in [-0.15, -0.1) is 0 Å². The maximum Gasteiger partial charge on any atom is 0.332 e. The Balaban J connectivity index is 2.06. The molecule has 0 aliphatic carbocycles. The van der Waals surface area contributed by atoms with Crippen molar-refractivity contribution < 1.29 is 38.7 Å². The van der Waals surface area contributed by atoms with Crippen molar-refractivity contribution in [2.24, 2.45) is 0 Å². The Hall–Kier alpha value is -1.74. The second-order valence-corrected chi connectivity index (χ2v) is 5.63. The topological polar surface area (TPSA) is 118 Å². The van der Waals surface area contributed by atoms with Crippen LogP contribution in [-0.2, 0) is 28.5 Å². The number of hydrogen-bond acceptors (Lipinski definition) is 7. The Morgan fingerprint density at radius 1 is 1.29 bits per heavy atom. The highest BCUT2D eigenvalue weighted by Crippen LogP contribution is 2.32. The first-order chi connectivity index (χ1) is 11.4. The zero-order valence-corrected chi connectivity index (χ0v) is 13.4. The molecule has 134 valence electrons. The summed E-state index contributed by atoms with van der Waals surface area (Å²) in [4.78, 5) is 22.6. The van der Waals surface area contributed by atoms with Crippen LogP contribution in [0.3, 0.4) is 0 Å². The second-order valence-electron chi connectivity index (χ2n) is 5.63. The van der Waals surface area contributed by atoms with Crippen LogP contribution in [0.1, 0.15) is 19.8 Å². The van der Waals surface area contributed by atoms with Crippen LogP contribution < -0.4 is 0 Å². The number of aliphatic hydroxyl groups is 1. The summed E-state index contributed by atoms with van der Waals surface area (Å²) >= 11 is 0. The molecular formula is C16H22O8. The summed E-state index contributed by atoms with van der Waals surface area (Å²) in [5, 5.41) is 18.4. The molecule has 2 N–H and O–H groups in total. The standard InChI is InChI=1S/C16H22O8/c1-2-3-14(19)24-15(20)5-7-16(12-10-22-12,6-4-13(17)18)23-9-11-8-21-11/h4-7,11-12,14,19H,2-3,8-10H2,1H3,(H,17,18). The monoisotopic (exact) mass is 342 g/mol. The lowest BCUT2D eigenvalue weighted by Crippen LogP contribution is -2.36. The van der Waals surface area contributed by atoms with Gasteiger partial charge in [-0.1, -0.05) is 13.3 Å². The number of epoxide rings is 2. The van der Waals surface area contributed by atoms with E-state index in [0.29, 0.717) is 26.1 Å². The third-order valence-electron chi connectivity index (χ3n) is 3.51. The van der Waals surface area contributed by atoms with Gasteiger partial charge in [0.1, 0.15) is 17.8 Å². The van der Waals surface area contributed by atoms with Crippen molar-refractivity contribution in [2.75, 3.05) is 19.8 Å². The summed E-state index contributed by atoms with van der Waals surface area (Å²) in [5.41, 5.74) is -1.20. The molecule has 4 atom stereocenters. The molecule has 8 heteroatoms. The van der Waals surface area contributed by atoms with Crippen LogP contribution in [0.5, 0.6) is 0 Å². The minimum atomic E-state index is -1.20. The molecule has 0 amide bonds. The van der Waals surface area contributed by atoms with E-state index in [9.17, 15) is 14.7 Å². The molecule has 2 rings (SSSR count). The van der Waals surface area contributed by atoms with Crippen LogP contribution in [0.15, 0.2) is 24.3 Å². The maximum atomic E-state index is 11.8. The molecule has 2 fully saturated rings. The van der Waals surface area contributed by atoms with Crippen molar-refractivity contribution in [1.29, 1.82) is 0 Å². The lowest BCUT2D eigenvalue weighted by Gasteiger charge is -2.25. The van der Waals surface area contributed by atoms with E-state index >= 15 is 0 Å². The molecule has 0 aromatic rings. The van der Waals surface area contributed by atoms with E-state index < -0.39 is 29.9 Å². The number of aliphatic carboxylic acids is 1. The highest BCUT2D eigenvalue weighted by molar-refractivity contribution is 5.83. The Labute approximate surface area is 139 Å². The minimum Gasteiger partial charge on any atom is -0.478 e. The Bertz CT molecular complexity index is 506. The van der Waals surface area contributed by atoms with Crippen molar-refractivity contribution in [2.45, 2.75) is 43.9 Å². The fraction of sp³-hybridized carbons (Fsp3) is 0.625. The van der Waals surface area contributed by atoms with E-state index in [1.54, 1.807) is 0 Å². The number of ether oxygens (including phenoxy) is 4. The molecule has 0 bridgehead atoms. The normalized spacial score (nSPS) is 26.2.